The Morgan fingerprint density at radius 1 is 1.45 bits per heavy atom. The molecule has 2 N–H and O–H groups in total. The lowest BCUT2D eigenvalue weighted by atomic mass is 10.2. The number of hydrogen-bond acceptors (Lipinski definition) is 4. The number of methoxy groups -OCH3 is 1. The molecule has 0 saturated heterocycles. The molecule has 0 radical (unpaired) electrons. The zero-order valence-corrected chi connectivity index (χ0v) is 11.7. The topological polar surface area (TPSA) is 71.5 Å². The molecule has 1 aromatic heterocycles. The number of pyridine rings is 1. The number of anilines is 2. The van der Waals surface area contributed by atoms with Crippen LogP contribution in [0.1, 0.15) is 15.9 Å². The van der Waals surface area contributed by atoms with E-state index in [1.165, 1.54) is 19.4 Å². The van der Waals surface area contributed by atoms with Crippen molar-refractivity contribution in [3.05, 3.63) is 46.6 Å². The average Bonchev–Trinajstić information content (AvgIpc) is 2.43. The van der Waals surface area contributed by atoms with Gasteiger partial charge in [-0.05, 0) is 30.7 Å². The molecule has 0 atom stereocenters. The van der Waals surface area contributed by atoms with Crippen molar-refractivity contribution < 1.29 is 14.6 Å². The Hall–Kier alpha value is -2.27. The summed E-state index contributed by atoms with van der Waals surface area (Å²) in [5.41, 5.74) is 1.54. The highest BCUT2D eigenvalue weighted by atomic mass is 35.5. The Bertz CT molecular complexity index is 659. The van der Waals surface area contributed by atoms with E-state index in [0.29, 0.717) is 16.5 Å². The molecule has 2 rings (SSSR count). The number of nitrogens with one attached hydrogen (secondary N) is 1. The second kappa shape index (κ2) is 5.79. The summed E-state index contributed by atoms with van der Waals surface area (Å²) >= 11 is 6.03. The molecule has 2 aromatic rings. The third-order valence-corrected chi connectivity index (χ3v) is 3.18. The molecule has 0 spiro atoms. The summed E-state index contributed by atoms with van der Waals surface area (Å²) < 4.78 is 5.23. The highest BCUT2D eigenvalue weighted by Gasteiger charge is 2.13. The molecule has 1 heterocycles. The molecule has 0 saturated carbocycles. The van der Waals surface area contributed by atoms with Gasteiger partial charge in [-0.2, -0.15) is 0 Å². The van der Waals surface area contributed by atoms with E-state index in [1.54, 1.807) is 18.2 Å². The normalized spacial score (nSPS) is 10.2. The molecule has 104 valence electrons. The highest BCUT2D eigenvalue weighted by molar-refractivity contribution is 6.31. The van der Waals surface area contributed by atoms with E-state index in [-0.39, 0.29) is 11.4 Å². The molecule has 0 aliphatic heterocycles. The van der Waals surface area contributed by atoms with Gasteiger partial charge in [0, 0.05) is 17.3 Å². The first-order valence-corrected chi connectivity index (χ1v) is 6.20. The molecule has 0 bridgehead atoms. The summed E-state index contributed by atoms with van der Waals surface area (Å²) in [5.74, 6) is -0.284. The fraction of sp³-hybridized carbons (Fsp3) is 0.143. The van der Waals surface area contributed by atoms with E-state index < -0.39 is 5.97 Å². The van der Waals surface area contributed by atoms with E-state index in [4.69, 9.17) is 21.4 Å². The molecule has 0 aliphatic rings. The van der Waals surface area contributed by atoms with Gasteiger partial charge in [-0.15, -0.1) is 0 Å². The maximum Gasteiger partial charge on any atom is 0.339 e. The van der Waals surface area contributed by atoms with Crippen LogP contribution in [0.4, 0.5) is 11.5 Å². The number of hydrogen-bond donors (Lipinski definition) is 2. The number of aromatic nitrogens is 1. The Labute approximate surface area is 121 Å². The number of halogens is 1. The second-order valence-corrected chi connectivity index (χ2v) is 4.54. The summed E-state index contributed by atoms with van der Waals surface area (Å²) in [5, 5.41) is 12.7. The minimum absolute atomic E-state index is 0.0853. The average molecular weight is 293 g/mol. The highest BCUT2D eigenvalue weighted by Crippen LogP contribution is 2.33. The molecule has 1 aromatic carbocycles. The third-order valence-electron chi connectivity index (χ3n) is 2.77. The monoisotopic (exact) mass is 292 g/mol. The predicted molar refractivity (Wildman–Crippen MR) is 77.2 cm³/mol. The largest absolute Gasteiger partial charge is 0.495 e. The summed E-state index contributed by atoms with van der Waals surface area (Å²) in [4.78, 5) is 15.2. The van der Waals surface area contributed by atoms with Crippen molar-refractivity contribution in [3.8, 4) is 5.75 Å². The molecular formula is C14H13ClN2O3. The lowest BCUT2D eigenvalue weighted by molar-refractivity contribution is 0.0697. The molecule has 0 amide bonds. The maximum atomic E-state index is 11.2. The summed E-state index contributed by atoms with van der Waals surface area (Å²) in [6, 6.07) is 6.50. The first kappa shape index (κ1) is 14.1. The number of rotatable bonds is 4. The van der Waals surface area contributed by atoms with Gasteiger partial charge in [0.1, 0.15) is 17.1 Å². The van der Waals surface area contributed by atoms with Crippen LogP contribution >= 0.6 is 11.6 Å². The van der Waals surface area contributed by atoms with Crippen molar-refractivity contribution in [1.29, 1.82) is 0 Å². The second-order valence-electron chi connectivity index (χ2n) is 4.13. The van der Waals surface area contributed by atoms with E-state index in [2.05, 4.69) is 10.3 Å². The van der Waals surface area contributed by atoms with Crippen molar-refractivity contribution in [2.45, 2.75) is 6.92 Å². The van der Waals surface area contributed by atoms with Gasteiger partial charge in [0.25, 0.3) is 0 Å². The standard InChI is InChI=1S/C14H13ClN2O3/c1-8-6-11(12(20-2)7-10(8)15)17-13-9(14(18)19)4-3-5-16-13/h3-7H,1-2H3,(H,16,17)(H,18,19). The molecule has 20 heavy (non-hydrogen) atoms. The summed E-state index contributed by atoms with van der Waals surface area (Å²) in [7, 11) is 1.52. The van der Waals surface area contributed by atoms with E-state index in [1.807, 2.05) is 6.92 Å². The fourth-order valence-corrected chi connectivity index (χ4v) is 1.89. The molecule has 5 nitrogen and oxygen atoms in total. The van der Waals surface area contributed by atoms with Gasteiger partial charge in [-0.25, -0.2) is 9.78 Å². The molecular weight excluding hydrogens is 280 g/mol. The lowest BCUT2D eigenvalue weighted by Gasteiger charge is -2.13. The number of benzene rings is 1. The number of carbonyl (C=O) groups is 1. The molecule has 6 heteroatoms. The van der Waals surface area contributed by atoms with E-state index >= 15 is 0 Å². The first-order chi connectivity index (χ1) is 9.52. The number of nitrogens with zero attached hydrogens (tertiary/aromatic N) is 1. The van der Waals surface area contributed by atoms with Gasteiger partial charge in [0.15, 0.2) is 0 Å². The van der Waals surface area contributed by atoms with Gasteiger partial charge in [0.2, 0.25) is 0 Å². The van der Waals surface area contributed by atoms with Gasteiger partial charge < -0.3 is 15.2 Å². The van der Waals surface area contributed by atoms with Crippen molar-refractivity contribution in [1.82, 2.24) is 4.98 Å². The van der Waals surface area contributed by atoms with Gasteiger partial charge in [-0.1, -0.05) is 11.6 Å². The van der Waals surface area contributed by atoms with Crippen LogP contribution in [0.3, 0.4) is 0 Å². The summed E-state index contributed by atoms with van der Waals surface area (Å²) in [6.07, 6.45) is 1.52. The van der Waals surface area contributed by atoms with E-state index in [9.17, 15) is 4.79 Å². The van der Waals surface area contributed by atoms with Crippen LogP contribution in [0.5, 0.6) is 5.75 Å². The van der Waals surface area contributed by atoms with Crippen LogP contribution < -0.4 is 10.1 Å². The van der Waals surface area contributed by atoms with Crippen molar-refractivity contribution in [2.75, 3.05) is 12.4 Å². The molecule has 0 fully saturated rings. The number of carboxylic acid groups (broad SMARTS) is 1. The van der Waals surface area contributed by atoms with Crippen LogP contribution in [0.2, 0.25) is 5.02 Å². The Morgan fingerprint density at radius 2 is 2.20 bits per heavy atom. The fourth-order valence-electron chi connectivity index (χ4n) is 1.73. The van der Waals surface area contributed by atoms with Gasteiger partial charge in [-0.3, -0.25) is 0 Å². The van der Waals surface area contributed by atoms with Crippen LogP contribution in [-0.4, -0.2) is 23.2 Å². The molecule has 0 aliphatic carbocycles. The van der Waals surface area contributed by atoms with Gasteiger partial charge >= 0.3 is 5.97 Å². The Kier molecular flexibility index (Phi) is 4.10. The smallest absolute Gasteiger partial charge is 0.339 e. The maximum absolute atomic E-state index is 11.2. The SMILES string of the molecule is COc1cc(Cl)c(C)cc1Nc1ncccc1C(=O)O. The van der Waals surface area contributed by atoms with Crippen LogP contribution in [0.25, 0.3) is 0 Å². The van der Waals surface area contributed by atoms with Crippen LogP contribution in [-0.2, 0) is 0 Å². The quantitative estimate of drug-likeness (QED) is 0.902. The zero-order chi connectivity index (χ0) is 14.7. The van der Waals surface area contributed by atoms with Crippen molar-refractivity contribution >= 4 is 29.1 Å². The van der Waals surface area contributed by atoms with Crippen molar-refractivity contribution in [2.24, 2.45) is 0 Å². The van der Waals surface area contributed by atoms with Crippen LogP contribution in [0.15, 0.2) is 30.5 Å². The first-order valence-electron chi connectivity index (χ1n) is 5.82. The minimum atomic E-state index is -1.05. The Morgan fingerprint density at radius 3 is 2.85 bits per heavy atom. The number of aromatic carboxylic acids is 1. The predicted octanol–water partition coefficient (Wildman–Crippen LogP) is 3.49. The van der Waals surface area contributed by atoms with Crippen LogP contribution in [0, 0.1) is 6.92 Å². The molecule has 0 unspecified atom stereocenters. The number of aryl methyl sites for hydroxylation is 1. The lowest BCUT2D eigenvalue weighted by Crippen LogP contribution is -2.05. The third kappa shape index (κ3) is 2.83. The van der Waals surface area contributed by atoms with Crippen molar-refractivity contribution in [3.63, 3.8) is 0 Å². The van der Waals surface area contributed by atoms with Gasteiger partial charge in [0.05, 0.1) is 12.8 Å². The van der Waals surface area contributed by atoms with E-state index in [0.717, 1.165) is 5.56 Å². The number of ether oxygens (including phenoxy) is 1. The zero-order valence-electron chi connectivity index (χ0n) is 11.0. The number of carboxylic acids is 1. The minimum Gasteiger partial charge on any atom is -0.495 e. The Balaban J connectivity index is 2.45. The summed E-state index contributed by atoms with van der Waals surface area (Å²) in [6.45, 7) is 1.85.